The molecule has 4 N–H and O–H groups in total. The molecule has 0 radical (unpaired) electrons. The summed E-state index contributed by atoms with van der Waals surface area (Å²) in [5, 5.41) is 49.2. The first kappa shape index (κ1) is 18.6. The van der Waals surface area contributed by atoms with Gasteiger partial charge in [0.25, 0.3) is 0 Å². The Morgan fingerprint density at radius 3 is 2.11 bits per heavy atom. The standard InChI is InChI=1S/C8H6N2O4S.C8H7NO2S/c1-3-9-4-2-5(11)7(12)6(10(13)14)8(4)15-3;1-4-9-5-2-6(10)7(11)3-8(5)12-4/h2,11-12H,1H3;2-3,10-11H,1H3. The Hall–Kier alpha value is -3.18. The highest BCUT2D eigenvalue weighted by atomic mass is 32.1. The van der Waals surface area contributed by atoms with Gasteiger partial charge in [-0.1, -0.05) is 0 Å². The van der Waals surface area contributed by atoms with E-state index < -0.39 is 22.1 Å². The van der Waals surface area contributed by atoms with Crippen molar-refractivity contribution >= 4 is 48.8 Å². The van der Waals surface area contributed by atoms with Crippen molar-refractivity contribution in [1.82, 2.24) is 9.97 Å². The fraction of sp³-hybridized carbons (Fsp3) is 0.125. The number of hydrogen-bond acceptors (Lipinski definition) is 10. The number of aryl methyl sites for hydroxylation is 2. The van der Waals surface area contributed by atoms with Crippen LogP contribution >= 0.6 is 22.7 Å². The van der Waals surface area contributed by atoms with Crippen LogP contribution in [0.3, 0.4) is 0 Å². The summed E-state index contributed by atoms with van der Waals surface area (Å²) in [5.41, 5.74) is 0.558. The number of nitrogens with zero attached hydrogens (tertiary/aromatic N) is 3. The summed E-state index contributed by atoms with van der Waals surface area (Å²) in [7, 11) is 0. The Morgan fingerprint density at radius 2 is 1.44 bits per heavy atom. The third kappa shape index (κ3) is 3.55. The maximum Gasteiger partial charge on any atom is 0.333 e. The van der Waals surface area contributed by atoms with Crippen LogP contribution in [-0.4, -0.2) is 35.3 Å². The highest BCUT2D eigenvalue weighted by molar-refractivity contribution is 7.19. The fourth-order valence-electron chi connectivity index (χ4n) is 2.37. The van der Waals surface area contributed by atoms with Crippen LogP contribution in [0, 0.1) is 24.0 Å². The predicted octanol–water partition coefficient (Wildman–Crippen LogP) is 3.94. The number of phenols is 4. The molecule has 9 nitrogen and oxygen atoms in total. The van der Waals surface area contributed by atoms with Gasteiger partial charge < -0.3 is 20.4 Å². The predicted molar refractivity (Wildman–Crippen MR) is 102 cm³/mol. The minimum atomic E-state index is -0.727. The van der Waals surface area contributed by atoms with Gasteiger partial charge in [-0.3, -0.25) is 10.1 Å². The van der Waals surface area contributed by atoms with Gasteiger partial charge in [-0.05, 0) is 13.8 Å². The maximum atomic E-state index is 10.7. The second-order valence-corrected chi connectivity index (χ2v) is 7.91. The van der Waals surface area contributed by atoms with Crippen molar-refractivity contribution in [3.8, 4) is 23.0 Å². The Labute approximate surface area is 159 Å². The lowest BCUT2D eigenvalue weighted by molar-refractivity contribution is -0.383. The highest BCUT2D eigenvalue weighted by Gasteiger charge is 2.24. The molecule has 0 atom stereocenters. The second-order valence-electron chi connectivity index (χ2n) is 5.47. The van der Waals surface area contributed by atoms with Crippen LogP contribution < -0.4 is 0 Å². The van der Waals surface area contributed by atoms with E-state index in [2.05, 4.69) is 9.97 Å². The molecule has 4 rings (SSSR count). The average molecular weight is 407 g/mol. The molecule has 2 heterocycles. The zero-order valence-electron chi connectivity index (χ0n) is 14.0. The van der Waals surface area contributed by atoms with Gasteiger partial charge in [0.15, 0.2) is 17.2 Å². The monoisotopic (exact) mass is 407 g/mol. The van der Waals surface area contributed by atoms with Crippen LogP contribution in [0.2, 0.25) is 0 Å². The fourth-order valence-corrected chi connectivity index (χ4v) is 4.13. The largest absolute Gasteiger partial charge is 0.504 e. The smallest absolute Gasteiger partial charge is 0.333 e. The summed E-state index contributed by atoms with van der Waals surface area (Å²) in [4.78, 5) is 18.1. The number of fused-ring (bicyclic) bond motifs is 2. The van der Waals surface area contributed by atoms with Crippen LogP contribution in [0.4, 0.5) is 5.69 Å². The topological polar surface area (TPSA) is 150 Å². The molecule has 0 fully saturated rings. The van der Waals surface area contributed by atoms with Gasteiger partial charge in [0.05, 0.1) is 30.7 Å². The minimum absolute atomic E-state index is 0.0915. The summed E-state index contributed by atoms with van der Waals surface area (Å²) >= 11 is 2.60. The van der Waals surface area contributed by atoms with E-state index in [0.29, 0.717) is 10.5 Å². The van der Waals surface area contributed by atoms with E-state index in [4.69, 9.17) is 10.2 Å². The molecule has 0 saturated heterocycles. The zero-order chi connectivity index (χ0) is 19.9. The number of thiazole rings is 2. The van der Waals surface area contributed by atoms with E-state index in [1.165, 1.54) is 29.5 Å². The first-order chi connectivity index (χ1) is 12.7. The SMILES string of the molecule is Cc1nc2cc(O)c(O)c([N+](=O)[O-])c2s1.Cc1nc2cc(O)c(O)cc2s1. The molecule has 2 aromatic heterocycles. The lowest BCUT2D eigenvalue weighted by Crippen LogP contribution is -1.89. The summed E-state index contributed by atoms with van der Waals surface area (Å²) in [6, 6.07) is 4.20. The van der Waals surface area contributed by atoms with Crippen LogP contribution in [0.15, 0.2) is 18.2 Å². The molecule has 0 aliphatic rings. The molecular weight excluding hydrogens is 394 g/mol. The Morgan fingerprint density at radius 1 is 0.889 bits per heavy atom. The molecule has 140 valence electrons. The molecule has 4 aromatic rings. The molecule has 0 unspecified atom stereocenters. The number of rotatable bonds is 1. The third-order valence-electron chi connectivity index (χ3n) is 3.49. The van der Waals surface area contributed by atoms with Crippen molar-refractivity contribution < 1.29 is 25.3 Å². The summed E-state index contributed by atoms with van der Waals surface area (Å²) in [6.45, 7) is 3.58. The Balaban J connectivity index is 0.000000159. The number of benzene rings is 2. The van der Waals surface area contributed by atoms with E-state index in [1.807, 2.05) is 6.92 Å². The van der Waals surface area contributed by atoms with Gasteiger partial charge in [0.2, 0.25) is 5.75 Å². The number of hydrogen-bond donors (Lipinski definition) is 4. The van der Waals surface area contributed by atoms with Gasteiger partial charge in [-0.25, -0.2) is 9.97 Å². The molecule has 0 amide bonds. The van der Waals surface area contributed by atoms with Crippen molar-refractivity contribution in [1.29, 1.82) is 0 Å². The van der Waals surface area contributed by atoms with Gasteiger partial charge >= 0.3 is 5.69 Å². The summed E-state index contributed by atoms with van der Waals surface area (Å²) in [6.07, 6.45) is 0. The minimum Gasteiger partial charge on any atom is -0.504 e. The lowest BCUT2D eigenvalue weighted by atomic mass is 10.2. The van der Waals surface area contributed by atoms with E-state index in [-0.39, 0.29) is 16.2 Å². The third-order valence-corrected chi connectivity index (χ3v) is 5.42. The molecule has 27 heavy (non-hydrogen) atoms. The second kappa shape index (κ2) is 6.85. The Kier molecular flexibility index (Phi) is 4.72. The molecule has 0 aliphatic carbocycles. The first-order valence-corrected chi connectivity index (χ1v) is 9.06. The highest BCUT2D eigenvalue weighted by Crippen LogP contribution is 2.43. The van der Waals surface area contributed by atoms with E-state index in [9.17, 15) is 20.3 Å². The molecular formula is C16H13N3O6S2. The van der Waals surface area contributed by atoms with Crippen LogP contribution in [0.1, 0.15) is 10.0 Å². The van der Waals surface area contributed by atoms with Crippen LogP contribution in [0.5, 0.6) is 23.0 Å². The first-order valence-electron chi connectivity index (χ1n) is 7.43. The number of aromatic nitrogens is 2. The molecule has 0 saturated carbocycles. The number of nitro benzene ring substituents is 1. The maximum absolute atomic E-state index is 10.7. The average Bonchev–Trinajstić information content (AvgIpc) is 3.09. The number of phenolic OH excluding ortho intramolecular Hbond substituents is 4. The van der Waals surface area contributed by atoms with Crippen molar-refractivity contribution in [2.24, 2.45) is 0 Å². The van der Waals surface area contributed by atoms with E-state index >= 15 is 0 Å². The van der Waals surface area contributed by atoms with Crippen molar-refractivity contribution in [2.75, 3.05) is 0 Å². The molecule has 0 bridgehead atoms. The molecule has 0 spiro atoms. The van der Waals surface area contributed by atoms with Crippen molar-refractivity contribution in [2.45, 2.75) is 13.8 Å². The van der Waals surface area contributed by atoms with Crippen molar-refractivity contribution in [3.63, 3.8) is 0 Å². The van der Waals surface area contributed by atoms with Gasteiger partial charge in [-0.15, -0.1) is 22.7 Å². The summed E-state index contributed by atoms with van der Waals surface area (Å²) in [5.74, 6) is -1.45. The quantitative estimate of drug-likeness (QED) is 0.210. The number of nitro groups is 1. The zero-order valence-corrected chi connectivity index (χ0v) is 15.6. The lowest BCUT2D eigenvalue weighted by Gasteiger charge is -1.98. The molecule has 2 aromatic carbocycles. The van der Waals surface area contributed by atoms with Gasteiger partial charge in [-0.2, -0.15) is 0 Å². The molecule has 11 heteroatoms. The Bertz CT molecular complexity index is 1150. The summed E-state index contributed by atoms with van der Waals surface area (Å²) < 4.78 is 1.16. The van der Waals surface area contributed by atoms with E-state index in [1.54, 1.807) is 6.92 Å². The molecule has 0 aliphatic heterocycles. The van der Waals surface area contributed by atoms with Crippen molar-refractivity contribution in [3.05, 3.63) is 38.3 Å². The van der Waals surface area contributed by atoms with Crippen LogP contribution in [-0.2, 0) is 0 Å². The van der Waals surface area contributed by atoms with Gasteiger partial charge in [0.1, 0.15) is 4.70 Å². The number of aromatic hydroxyl groups is 4. The normalized spacial score (nSPS) is 10.7. The van der Waals surface area contributed by atoms with Gasteiger partial charge in [0, 0.05) is 18.2 Å². The van der Waals surface area contributed by atoms with E-state index in [0.717, 1.165) is 26.6 Å². The van der Waals surface area contributed by atoms with Crippen LogP contribution in [0.25, 0.3) is 20.4 Å².